The topological polar surface area (TPSA) is 9.23 Å². The molecule has 84 valence electrons. The lowest BCUT2D eigenvalue weighted by Crippen LogP contribution is -2.29. The first-order chi connectivity index (χ1) is 6.20. The Bertz CT molecular complexity index is 182. The summed E-state index contributed by atoms with van der Waals surface area (Å²) in [6.07, 6.45) is 1.29. The van der Waals surface area contributed by atoms with Gasteiger partial charge in [-0.1, -0.05) is 41.5 Å². The molecule has 1 fully saturated rings. The Hall–Kier alpha value is -0.0400. The SMILES string of the molecule is CC(C)(C)CC1COCC1C(C)(C)C. The van der Waals surface area contributed by atoms with Crippen LogP contribution in [0.4, 0.5) is 0 Å². The van der Waals surface area contributed by atoms with E-state index in [1.807, 2.05) is 0 Å². The van der Waals surface area contributed by atoms with Crippen LogP contribution < -0.4 is 0 Å². The molecule has 1 nitrogen and oxygen atoms in total. The molecule has 1 heterocycles. The van der Waals surface area contributed by atoms with E-state index in [9.17, 15) is 0 Å². The minimum absolute atomic E-state index is 0.395. The van der Waals surface area contributed by atoms with E-state index >= 15 is 0 Å². The van der Waals surface area contributed by atoms with Crippen molar-refractivity contribution in [3.8, 4) is 0 Å². The summed E-state index contributed by atoms with van der Waals surface area (Å²) in [5.74, 6) is 1.50. The van der Waals surface area contributed by atoms with Gasteiger partial charge in [-0.25, -0.2) is 0 Å². The van der Waals surface area contributed by atoms with E-state index in [-0.39, 0.29) is 0 Å². The Labute approximate surface area is 89.2 Å². The normalized spacial score (nSPS) is 29.6. The highest BCUT2D eigenvalue weighted by Gasteiger charge is 2.38. The van der Waals surface area contributed by atoms with Crippen molar-refractivity contribution in [1.82, 2.24) is 0 Å². The van der Waals surface area contributed by atoms with Gasteiger partial charge in [-0.05, 0) is 29.1 Å². The first-order valence-corrected chi connectivity index (χ1v) is 5.78. The largest absolute Gasteiger partial charge is 0.381 e. The van der Waals surface area contributed by atoms with E-state index in [1.165, 1.54) is 6.42 Å². The van der Waals surface area contributed by atoms with Crippen molar-refractivity contribution in [3.05, 3.63) is 0 Å². The van der Waals surface area contributed by atoms with E-state index in [0.717, 1.165) is 25.0 Å². The summed E-state index contributed by atoms with van der Waals surface area (Å²) in [5.41, 5.74) is 0.828. The number of ether oxygens (including phenoxy) is 1. The summed E-state index contributed by atoms with van der Waals surface area (Å²) in [6.45, 7) is 15.9. The lowest BCUT2D eigenvalue weighted by atomic mass is 9.70. The van der Waals surface area contributed by atoms with Crippen LogP contribution in [0.3, 0.4) is 0 Å². The molecule has 0 aromatic heterocycles. The Morgan fingerprint density at radius 1 is 1.00 bits per heavy atom. The zero-order chi connectivity index (χ0) is 11.0. The van der Waals surface area contributed by atoms with Crippen LogP contribution in [-0.2, 0) is 4.74 Å². The molecule has 0 N–H and O–H groups in total. The van der Waals surface area contributed by atoms with Crippen LogP contribution in [0.2, 0.25) is 0 Å². The minimum Gasteiger partial charge on any atom is -0.381 e. The molecule has 2 atom stereocenters. The molecule has 2 unspecified atom stereocenters. The third-order valence-corrected chi connectivity index (χ3v) is 3.19. The Morgan fingerprint density at radius 2 is 1.57 bits per heavy atom. The van der Waals surface area contributed by atoms with Crippen LogP contribution in [0, 0.1) is 22.7 Å². The van der Waals surface area contributed by atoms with Crippen molar-refractivity contribution in [1.29, 1.82) is 0 Å². The fourth-order valence-electron chi connectivity index (χ4n) is 2.54. The molecular formula is C13H26O. The van der Waals surface area contributed by atoms with Gasteiger partial charge in [0.05, 0.1) is 6.61 Å². The van der Waals surface area contributed by atoms with Crippen LogP contribution in [0.1, 0.15) is 48.0 Å². The van der Waals surface area contributed by atoms with Crippen molar-refractivity contribution in [2.75, 3.05) is 13.2 Å². The molecular weight excluding hydrogens is 172 g/mol. The van der Waals surface area contributed by atoms with Gasteiger partial charge in [0, 0.05) is 6.61 Å². The van der Waals surface area contributed by atoms with E-state index < -0.39 is 0 Å². The molecule has 0 aromatic rings. The van der Waals surface area contributed by atoms with Gasteiger partial charge in [-0.15, -0.1) is 0 Å². The maximum absolute atomic E-state index is 5.64. The summed E-state index contributed by atoms with van der Waals surface area (Å²) in [5, 5.41) is 0. The summed E-state index contributed by atoms with van der Waals surface area (Å²) in [6, 6.07) is 0. The quantitative estimate of drug-likeness (QED) is 0.624. The van der Waals surface area contributed by atoms with Gasteiger partial charge in [-0.2, -0.15) is 0 Å². The van der Waals surface area contributed by atoms with E-state index in [0.29, 0.717) is 10.8 Å². The fraction of sp³-hybridized carbons (Fsp3) is 1.00. The van der Waals surface area contributed by atoms with Crippen molar-refractivity contribution in [3.63, 3.8) is 0 Å². The second kappa shape index (κ2) is 3.84. The van der Waals surface area contributed by atoms with Crippen LogP contribution >= 0.6 is 0 Å². The molecule has 1 aliphatic heterocycles. The maximum Gasteiger partial charge on any atom is 0.0502 e. The zero-order valence-corrected chi connectivity index (χ0v) is 10.7. The second-order valence-corrected chi connectivity index (χ2v) is 7.03. The van der Waals surface area contributed by atoms with E-state index in [2.05, 4.69) is 41.5 Å². The van der Waals surface area contributed by atoms with Crippen LogP contribution in [0.15, 0.2) is 0 Å². The average molecular weight is 198 g/mol. The number of hydrogen-bond donors (Lipinski definition) is 0. The van der Waals surface area contributed by atoms with Crippen LogP contribution in [0.5, 0.6) is 0 Å². The molecule has 14 heavy (non-hydrogen) atoms. The summed E-state index contributed by atoms with van der Waals surface area (Å²) in [7, 11) is 0. The number of rotatable bonds is 1. The average Bonchev–Trinajstić information content (AvgIpc) is 2.29. The molecule has 1 rings (SSSR count). The van der Waals surface area contributed by atoms with Gasteiger partial charge in [0.2, 0.25) is 0 Å². The first kappa shape index (κ1) is 12.0. The summed E-state index contributed by atoms with van der Waals surface area (Å²) >= 11 is 0. The van der Waals surface area contributed by atoms with E-state index in [4.69, 9.17) is 4.74 Å². The van der Waals surface area contributed by atoms with Gasteiger partial charge < -0.3 is 4.74 Å². The first-order valence-electron chi connectivity index (χ1n) is 5.78. The molecule has 0 aliphatic carbocycles. The molecule has 0 bridgehead atoms. The second-order valence-electron chi connectivity index (χ2n) is 7.03. The predicted molar refractivity (Wildman–Crippen MR) is 61.3 cm³/mol. The summed E-state index contributed by atoms with van der Waals surface area (Å²) < 4.78 is 5.64. The molecule has 1 heteroatoms. The van der Waals surface area contributed by atoms with E-state index in [1.54, 1.807) is 0 Å². The molecule has 0 saturated carbocycles. The third-order valence-electron chi connectivity index (χ3n) is 3.19. The van der Waals surface area contributed by atoms with Crippen molar-refractivity contribution < 1.29 is 4.74 Å². The highest BCUT2D eigenvalue weighted by molar-refractivity contribution is 4.86. The maximum atomic E-state index is 5.64. The summed E-state index contributed by atoms with van der Waals surface area (Å²) in [4.78, 5) is 0. The van der Waals surface area contributed by atoms with Crippen LogP contribution in [-0.4, -0.2) is 13.2 Å². The van der Waals surface area contributed by atoms with Crippen molar-refractivity contribution in [2.45, 2.75) is 48.0 Å². The third kappa shape index (κ3) is 3.27. The highest BCUT2D eigenvalue weighted by Crippen LogP contribution is 2.41. The lowest BCUT2D eigenvalue weighted by molar-refractivity contribution is 0.147. The molecule has 0 spiro atoms. The van der Waals surface area contributed by atoms with Gasteiger partial charge in [0.1, 0.15) is 0 Å². The smallest absolute Gasteiger partial charge is 0.0502 e. The Kier molecular flexibility index (Phi) is 3.30. The molecule has 1 saturated heterocycles. The Morgan fingerprint density at radius 3 is 2.00 bits per heavy atom. The highest BCUT2D eigenvalue weighted by atomic mass is 16.5. The molecule has 0 radical (unpaired) electrons. The lowest BCUT2D eigenvalue weighted by Gasteiger charge is -2.33. The predicted octanol–water partition coefficient (Wildman–Crippen LogP) is 3.73. The van der Waals surface area contributed by atoms with Gasteiger partial charge in [0.15, 0.2) is 0 Å². The fourth-order valence-corrected chi connectivity index (χ4v) is 2.54. The molecule has 0 amide bonds. The molecule has 0 aromatic carbocycles. The van der Waals surface area contributed by atoms with Gasteiger partial charge >= 0.3 is 0 Å². The standard InChI is InChI=1S/C13H26O/c1-12(2,3)7-10-8-14-9-11(10)13(4,5)6/h10-11H,7-9H2,1-6H3. The Balaban J connectivity index is 2.61. The minimum atomic E-state index is 0.395. The van der Waals surface area contributed by atoms with Crippen molar-refractivity contribution >= 4 is 0 Å². The van der Waals surface area contributed by atoms with Crippen molar-refractivity contribution in [2.24, 2.45) is 22.7 Å². The number of hydrogen-bond acceptors (Lipinski definition) is 1. The molecule has 1 aliphatic rings. The van der Waals surface area contributed by atoms with Crippen LogP contribution in [0.25, 0.3) is 0 Å². The van der Waals surface area contributed by atoms with Gasteiger partial charge in [0.25, 0.3) is 0 Å². The van der Waals surface area contributed by atoms with Gasteiger partial charge in [-0.3, -0.25) is 0 Å². The monoisotopic (exact) mass is 198 g/mol. The zero-order valence-electron chi connectivity index (χ0n) is 10.7.